The van der Waals surface area contributed by atoms with Crippen LogP contribution in [-0.2, 0) is 12.0 Å². The van der Waals surface area contributed by atoms with Crippen molar-refractivity contribution in [1.82, 2.24) is 15.2 Å². The van der Waals surface area contributed by atoms with E-state index in [9.17, 15) is 26.7 Å². The van der Waals surface area contributed by atoms with Gasteiger partial charge in [-0.15, -0.1) is 13.2 Å². The van der Waals surface area contributed by atoms with Gasteiger partial charge >= 0.3 is 12.4 Å². The van der Waals surface area contributed by atoms with Crippen LogP contribution in [0.3, 0.4) is 0 Å². The second kappa shape index (κ2) is 11.2. The monoisotopic (exact) mass is 558 g/mol. The molecule has 6 nitrogen and oxygen atoms in total. The highest BCUT2D eigenvalue weighted by molar-refractivity contribution is 5.95. The lowest BCUT2D eigenvalue weighted by Gasteiger charge is -2.35. The van der Waals surface area contributed by atoms with Gasteiger partial charge in [0.05, 0.1) is 5.69 Å². The Morgan fingerprint density at radius 3 is 2.52 bits per heavy atom. The predicted octanol–water partition coefficient (Wildman–Crippen LogP) is 6.04. The summed E-state index contributed by atoms with van der Waals surface area (Å²) in [6.07, 6.45) is 1.30. The molecule has 1 spiro atoms. The normalized spacial score (nSPS) is 16.4. The molecule has 5 rings (SSSR count). The summed E-state index contributed by atoms with van der Waals surface area (Å²) < 4.78 is 70.4. The zero-order valence-electron chi connectivity index (χ0n) is 21.4. The van der Waals surface area contributed by atoms with E-state index in [2.05, 4.69) is 15.0 Å². The Hall–Kier alpha value is -3.99. The summed E-state index contributed by atoms with van der Waals surface area (Å²) in [6, 6.07) is 12.4. The van der Waals surface area contributed by atoms with Crippen LogP contribution in [0.5, 0.6) is 5.75 Å². The lowest BCUT2D eigenvalue weighted by Crippen LogP contribution is -2.47. The number of carbonyl (C=O) groups excluding carboxylic acids is 1. The predicted molar refractivity (Wildman–Crippen MR) is 140 cm³/mol. The molecule has 40 heavy (non-hydrogen) atoms. The second-order valence-corrected chi connectivity index (χ2v) is 9.95. The van der Waals surface area contributed by atoms with Gasteiger partial charge in [-0.25, -0.2) is 14.2 Å². The van der Waals surface area contributed by atoms with Gasteiger partial charge in [-0.05, 0) is 73.0 Å². The Labute approximate surface area is 228 Å². The number of rotatable bonds is 6. The Morgan fingerprint density at radius 2 is 1.82 bits per heavy atom. The number of nitrogens with one attached hydrogen (secondary N) is 1. The number of alkyl halides is 3. The minimum Gasteiger partial charge on any atom is -0.406 e. The van der Waals surface area contributed by atoms with Crippen LogP contribution in [-0.4, -0.2) is 48.5 Å². The Morgan fingerprint density at radius 1 is 1.07 bits per heavy atom. The maximum atomic E-state index is 14.1. The smallest absolute Gasteiger partial charge is 0.406 e. The number of benzene rings is 2. The molecule has 0 radical (unpaired) electrons. The molecule has 2 amide bonds. The van der Waals surface area contributed by atoms with E-state index in [-0.39, 0.29) is 18.9 Å². The molecule has 3 heterocycles. The molecule has 0 saturated carbocycles. The van der Waals surface area contributed by atoms with Gasteiger partial charge in [-0.1, -0.05) is 30.4 Å². The van der Waals surface area contributed by atoms with E-state index in [1.54, 1.807) is 36.4 Å². The summed E-state index contributed by atoms with van der Waals surface area (Å²) in [7, 11) is 0. The lowest BCUT2D eigenvalue weighted by molar-refractivity contribution is -0.274. The molecule has 210 valence electrons. The average molecular weight is 559 g/mol. The van der Waals surface area contributed by atoms with Crippen LogP contribution in [0.15, 0.2) is 66.9 Å². The molecule has 3 aromatic rings. The van der Waals surface area contributed by atoms with Crippen molar-refractivity contribution in [3.05, 3.63) is 95.3 Å². The highest BCUT2D eigenvalue weighted by atomic mass is 19.4. The molecule has 1 N–H and O–H groups in total. The van der Waals surface area contributed by atoms with E-state index < -0.39 is 29.5 Å². The van der Waals surface area contributed by atoms with Gasteiger partial charge in [0, 0.05) is 37.3 Å². The van der Waals surface area contributed by atoms with Crippen molar-refractivity contribution in [3.8, 4) is 5.75 Å². The van der Waals surface area contributed by atoms with Crippen LogP contribution < -0.4 is 15.0 Å². The number of fused-ring (bicyclic) bond motifs is 2. The van der Waals surface area contributed by atoms with E-state index >= 15 is 0 Å². The van der Waals surface area contributed by atoms with Gasteiger partial charge in [0.1, 0.15) is 11.6 Å². The maximum Gasteiger partial charge on any atom is 0.573 e. The minimum atomic E-state index is -4.88. The average Bonchev–Trinajstić information content (AvgIpc) is 3.21. The Kier molecular flexibility index (Phi) is 7.75. The zero-order valence-corrected chi connectivity index (χ0v) is 21.4. The van der Waals surface area contributed by atoms with Crippen LogP contribution in [0.2, 0.25) is 0 Å². The number of carbonyl (C=O) groups is 1. The van der Waals surface area contributed by atoms with Crippen molar-refractivity contribution in [2.75, 3.05) is 31.1 Å². The van der Waals surface area contributed by atoms with Gasteiger partial charge in [0.15, 0.2) is 0 Å². The van der Waals surface area contributed by atoms with Gasteiger partial charge in [-0.2, -0.15) is 4.39 Å². The number of halogens is 5. The Balaban J connectivity index is 1.47. The van der Waals surface area contributed by atoms with Gasteiger partial charge in [0.25, 0.3) is 0 Å². The number of aromatic nitrogens is 1. The number of piperidine rings is 1. The molecule has 2 aliphatic rings. The first-order valence-corrected chi connectivity index (χ1v) is 12.8. The van der Waals surface area contributed by atoms with Crippen LogP contribution >= 0.6 is 0 Å². The number of anilines is 1. The first-order valence-electron chi connectivity index (χ1n) is 12.8. The lowest BCUT2D eigenvalue weighted by atomic mass is 9.75. The summed E-state index contributed by atoms with van der Waals surface area (Å²) in [5, 5.41) is 3.30. The van der Waals surface area contributed by atoms with Crippen LogP contribution in [0.4, 0.5) is 32.4 Å². The fraction of sp³-hybridized carbons (Fsp3) is 0.310. The molecule has 2 aromatic carbocycles. The summed E-state index contributed by atoms with van der Waals surface area (Å²) >= 11 is 0. The molecule has 0 unspecified atom stereocenters. The summed E-state index contributed by atoms with van der Waals surface area (Å²) in [4.78, 5) is 20.6. The molecular weight excluding hydrogens is 531 g/mol. The molecule has 0 atom stereocenters. The van der Waals surface area contributed by atoms with Crippen molar-refractivity contribution in [2.45, 2.75) is 31.2 Å². The molecule has 1 fully saturated rings. The summed E-state index contributed by atoms with van der Waals surface area (Å²) in [6.45, 7) is 1.86. The maximum absolute atomic E-state index is 14.1. The fourth-order valence-corrected chi connectivity index (χ4v) is 5.39. The van der Waals surface area contributed by atoms with Gasteiger partial charge < -0.3 is 15.0 Å². The number of urea groups is 1. The van der Waals surface area contributed by atoms with E-state index in [0.29, 0.717) is 43.7 Å². The first kappa shape index (κ1) is 27.6. The molecule has 2 aliphatic heterocycles. The van der Waals surface area contributed by atoms with Gasteiger partial charge in [-0.3, -0.25) is 4.90 Å². The van der Waals surface area contributed by atoms with Crippen LogP contribution in [0, 0.1) is 11.8 Å². The number of nitrogens with zero attached hydrogens (tertiary/aromatic N) is 3. The second-order valence-electron chi connectivity index (χ2n) is 9.95. The molecular formula is C29H27F5N4O2. The molecule has 1 aromatic heterocycles. The SMILES string of the molecule is O=C(N(CC=Cc1ccc(F)cc1)Cc1ccnc(F)c1)N1CC2(CCNCC2)c2ccc(OC(F)(F)F)cc21. The van der Waals surface area contributed by atoms with Crippen LogP contribution in [0.25, 0.3) is 6.08 Å². The fourth-order valence-electron chi connectivity index (χ4n) is 5.39. The highest BCUT2D eigenvalue weighted by Gasteiger charge is 2.46. The third kappa shape index (κ3) is 6.25. The topological polar surface area (TPSA) is 57.7 Å². The number of amides is 2. The summed E-state index contributed by atoms with van der Waals surface area (Å²) in [5.41, 5.74) is 1.97. The molecule has 1 saturated heterocycles. The molecule has 11 heteroatoms. The van der Waals surface area contributed by atoms with Crippen molar-refractivity contribution in [1.29, 1.82) is 0 Å². The first-order chi connectivity index (χ1) is 19.1. The summed E-state index contributed by atoms with van der Waals surface area (Å²) in [5.74, 6) is -1.48. The molecule has 0 aliphatic carbocycles. The number of ether oxygens (including phenoxy) is 1. The number of hydrogen-bond donors (Lipinski definition) is 1. The van der Waals surface area contributed by atoms with Crippen molar-refractivity contribution in [2.24, 2.45) is 0 Å². The van der Waals surface area contributed by atoms with Crippen molar-refractivity contribution < 1.29 is 31.5 Å². The van der Waals surface area contributed by atoms with Crippen molar-refractivity contribution in [3.63, 3.8) is 0 Å². The Bertz CT molecular complexity index is 1390. The van der Waals surface area contributed by atoms with E-state index in [0.717, 1.165) is 11.1 Å². The number of hydrogen-bond acceptors (Lipinski definition) is 4. The van der Waals surface area contributed by atoms with E-state index in [1.807, 2.05) is 0 Å². The van der Waals surface area contributed by atoms with Crippen molar-refractivity contribution >= 4 is 17.8 Å². The quantitative estimate of drug-likeness (QED) is 0.296. The number of pyridine rings is 1. The van der Waals surface area contributed by atoms with E-state index in [4.69, 9.17) is 0 Å². The van der Waals surface area contributed by atoms with Gasteiger partial charge in [0.2, 0.25) is 5.95 Å². The standard InChI is InChI=1S/C29H27F5N4O2/c30-22-5-3-20(4-6-22)2-1-15-37(18-21-9-12-36-26(31)16-21)27(39)38-19-28(10-13-35-14-11-28)24-8-7-23(17-25(24)38)40-29(32,33)34/h1-9,12,16-17,35H,10-11,13-15,18-19H2. The highest BCUT2D eigenvalue weighted by Crippen LogP contribution is 2.48. The van der Waals surface area contributed by atoms with E-state index in [1.165, 1.54) is 46.3 Å². The van der Waals surface area contributed by atoms with Crippen LogP contribution in [0.1, 0.15) is 29.5 Å². The molecule has 0 bridgehead atoms. The third-order valence-electron chi connectivity index (χ3n) is 7.26. The minimum absolute atomic E-state index is 0.0329. The zero-order chi connectivity index (χ0) is 28.3. The largest absolute Gasteiger partial charge is 0.573 e. The third-order valence-corrected chi connectivity index (χ3v) is 7.26.